The quantitative estimate of drug-likeness (QED) is 0.816. The molecule has 0 radical (unpaired) electrons. The number of rotatable bonds is 5. The summed E-state index contributed by atoms with van der Waals surface area (Å²) in [6, 6.07) is 7.11. The number of hydrogen-bond acceptors (Lipinski definition) is 3. The minimum Gasteiger partial charge on any atom is -0.497 e. The Morgan fingerprint density at radius 1 is 1.39 bits per heavy atom. The molecule has 0 amide bonds. The van der Waals surface area contributed by atoms with E-state index in [1.807, 2.05) is 12.1 Å². The van der Waals surface area contributed by atoms with Gasteiger partial charge in [-0.1, -0.05) is 32.9 Å². The first-order valence-electron chi connectivity index (χ1n) is 6.24. The molecule has 1 unspecified atom stereocenters. The van der Waals surface area contributed by atoms with Crippen LogP contribution in [-0.2, 0) is 0 Å². The van der Waals surface area contributed by atoms with Crippen LogP contribution in [0.25, 0.3) is 0 Å². The van der Waals surface area contributed by atoms with E-state index < -0.39 is 0 Å². The van der Waals surface area contributed by atoms with E-state index in [1.165, 1.54) is 0 Å². The number of ether oxygens (including phenoxy) is 1. The van der Waals surface area contributed by atoms with Crippen LogP contribution < -0.4 is 10.5 Å². The van der Waals surface area contributed by atoms with Crippen molar-refractivity contribution in [3.8, 4) is 5.75 Å². The second-order valence-electron chi connectivity index (χ2n) is 5.88. The zero-order valence-corrected chi connectivity index (χ0v) is 11.7. The predicted octanol–water partition coefficient (Wildman–Crippen LogP) is 3.03. The summed E-state index contributed by atoms with van der Waals surface area (Å²) in [5.74, 6) is 0.774. The Hall–Kier alpha value is -1.35. The van der Waals surface area contributed by atoms with Crippen molar-refractivity contribution in [2.75, 3.05) is 7.11 Å². The Kier molecular flexibility index (Phi) is 4.91. The summed E-state index contributed by atoms with van der Waals surface area (Å²) in [6.45, 7) is 6.38. The van der Waals surface area contributed by atoms with Crippen molar-refractivity contribution in [1.29, 1.82) is 0 Å². The third-order valence-electron chi connectivity index (χ3n) is 2.71. The highest BCUT2D eigenvalue weighted by atomic mass is 16.5. The molecule has 3 heteroatoms. The molecule has 0 aliphatic rings. The minimum atomic E-state index is -0.0938. The van der Waals surface area contributed by atoms with E-state index in [4.69, 9.17) is 10.5 Å². The summed E-state index contributed by atoms with van der Waals surface area (Å²) in [5.41, 5.74) is 6.83. The highest BCUT2D eigenvalue weighted by Gasteiger charge is 2.19. The first-order chi connectivity index (χ1) is 8.31. The molecular weight excluding hydrogens is 226 g/mol. The van der Waals surface area contributed by atoms with Gasteiger partial charge in [0.1, 0.15) is 5.75 Å². The van der Waals surface area contributed by atoms with Gasteiger partial charge in [0.2, 0.25) is 0 Å². The normalized spacial score (nSPS) is 13.2. The molecule has 0 fully saturated rings. The Labute approximate surface area is 109 Å². The van der Waals surface area contributed by atoms with E-state index in [1.54, 1.807) is 19.2 Å². The molecule has 0 heterocycles. The zero-order valence-electron chi connectivity index (χ0n) is 11.7. The Balaban J connectivity index is 2.64. The summed E-state index contributed by atoms with van der Waals surface area (Å²) in [7, 11) is 1.59. The molecule has 0 bridgehead atoms. The highest BCUT2D eigenvalue weighted by Crippen LogP contribution is 2.22. The van der Waals surface area contributed by atoms with Crippen molar-refractivity contribution in [2.45, 2.75) is 39.7 Å². The van der Waals surface area contributed by atoms with E-state index >= 15 is 0 Å². The lowest BCUT2D eigenvalue weighted by Gasteiger charge is -2.22. The van der Waals surface area contributed by atoms with Crippen molar-refractivity contribution in [2.24, 2.45) is 11.1 Å². The van der Waals surface area contributed by atoms with Crippen molar-refractivity contribution >= 4 is 5.78 Å². The number of methoxy groups -OCH3 is 1. The number of hydrogen-bond donors (Lipinski definition) is 1. The second-order valence-corrected chi connectivity index (χ2v) is 5.88. The maximum atomic E-state index is 12.1. The molecule has 2 N–H and O–H groups in total. The van der Waals surface area contributed by atoms with Crippen molar-refractivity contribution in [3.05, 3.63) is 29.8 Å². The molecule has 0 saturated carbocycles. The number of Topliss-reactive ketones (excluding diaryl/α,β-unsaturated/α-hetero) is 1. The van der Waals surface area contributed by atoms with Gasteiger partial charge >= 0.3 is 0 Å². The lowest BCUT2D eigenvalue weighted by Crippen LogP contribution is -2.29. The van der Waals surface area contributed by atoms with Gasteiger partial charge in [-0.25, -0.2) is 0 Å². The summed E-state index contributed by atoms with van der Waals surface area (Å²) >= 11 is 0. The molecule has 0 spiro atoms. The number of ketones is 1. The molecule has 1 aromatic carbocycles. The molecule has 18 heavy (non-hydrogen) atoms. The molecule has 3 nitrogen and oxygen atoms in total. The van der Waals surface area contributed by atoms with Gasteiger partial charge < -0.3 is 10.5 Å². The van der Waals surface area contributed by atoms with E-state index in [9.17, 15) is 4.79 Å². The van der Waals surface area contributed by atoms with Gasteiger partial charge in [-0.2, -0.15) is 0 Å². The van der Waals surface area contributed by atoms with Crippen LogP contribution in [0.2, 0.25) is 0 Å². The third kappa shape index (κ3) is 4.88. The molecule has 1 rings (SSSR count). The first-order valence-corrected chi connectivity index (χ1v) is 6.24. The third-order valence-corrected chi connectivity index (χ3v) is 2.71. The van der Waals surface area contributed by atoms with Crippen LogP contribution >= 0.6 is 0 Å². The number of carbonyl (C=O) groups is 1. The summed E-state index contributed by atoms with van der Waals surface area (Å²) in [5, 5.41) is 0. The Bertz CT molecular complexity index is 407. The lowest BCUT2D eigenvalue weighted by molar-refractivity contribution is 0.0968. The van der Waals surface area contributed by atoms with Gasteiger partial charge in [-0.05, 0) is 24.0 Å². The average molecular weight is 249 g/mol. The van der Waals surface area contributed by atoms with Crippen molar-refractivity contribution in [1.82, 2.24) is 0 Å². The molecule has 0 aliphatic carbocycles. The lowest BCUT2D eigenvalue weighted by atomic mass is 9.86. The van der Waals surface area contributed by atoms with Crippen LogP contribution in [0.1, 0.15) is 44.0 Å². The van der Waals surface area contributed by atoms with Crippen LogP contribution in [0.5, 0.6) is 5.75 Å². The highest BCUT2D eigenvalue weighted by molar-refractivity contribution is 5.96. The van der Waals surface area contributed by atoms with Crippen LogP contribution in [0, 0.1) is 5.41 Å². The van der Waals surface area contributed by atoms with Gasteiger partial charge in [-0.15, -0.1) is 0 Å². The molecular formula is C15H23NO2. The first kappa shape index (κ1) is 14.7. The molecule has 0 aliphatic heterocycles. The Morgan fingerprint density at radius 3 is 2.61 bits per heavy atom. The van der Waals surface area contributed by atoms with Crippen LogP contribution in [-0.4, -0.2) is 18.9 Å². The summed E-state index contributed by atoms with van der Waals surface area (Å²) < 4.78 is 5.11. The van der Waals surface area contributed by atoms with Crippen LogP contribution in [0.3, 0.4) is 0 Å². The standard InChI is InChI=1S/C15H23NO2/c1-15(2,3)10-12(16)9-14(17)11-6-5-7-13(8-11)18-4/h5-8,12H,9-10,16H2,1-4H3. The van der Waals surface area contributed by atoms with Crippen molar-refractivity contribution < 1.29 is 9.53 Å². The maximum absolute atomic E-state index is 12.1. The average Bonchev–Trinajstić information content (AvgIpc) is 2.26. The largest absolute Gasteiger partial charge is 0.497 e. The van der Waals surface area contributed by atoms with E-state index in [0.29, 0.717) is 17.7 Å². The number of nitrogens with two attached hydrogens (primary N) is 1. The second kappa shape index (κ2) is 6.01. The predicted molar refractivity (Wildman–Crippen MR) is 74.0 cm³/mol. The van der Waals surface area contributed by atoms with Gasteiger partial charge in [0.05, 0.1) is 7.11 Å². The fourth-order valence-corrected chi connectivity index (χ4v) is 2.01. The van der Waals surface area contributed by atoms with Gasteiger partial charge in [0.15, 0.2) is 5.78 Å². The number of benzene rings is 1. The maximum Gasteiger partial charge on any atom is 0.164 e. The summed E-state index contributed by atoms with van der Waals surface area (Å²) in [6.07, 6.45) is 1.22. The van der Waals surface area contributed by atoms with Gasteiger partial charge in [0, 0.05) is 18.0 Å². The SMILES string of the molecule is COc1cccc(C(=O)CC(N)CC(C)(C)C)c1. The van der Waals surface area contributed by atoms with Gasteiger partial charge in [0.25, 0.3) is 0 Å². The summed E-state index contributed by atoms with van der Waals surface area (Å²) in [4.78, 5) is 12.1. The fourth-order valence-electron chi connectivity index (χ4n) is 2.01. The smallest absolute Gasteiger partial charge is 0.164 e. The monoisotopic (exact) mass is 249 g/mol. The van der Waals surface area contributed by atoms with E-state index in [2.05, 4.69) is 20.8 Å². The van der Waals surface area contributed by atoms with Crippen LogP contribution in [0.15, 0.2) is 24.3 Å². The van der Waals surface area contributed by atoms with E-state index in [0.717, 1.165) is 6.42 Å². The molecule has 1 atom stereocenters. The molecule has 0 aromatic heterocycles. The minimum absolute atomic E-state index is 0.0747. The van der Waals surface area contributed by atoms with E-state index in [-0.39, 0.29) is 17.2 Å². The van der Waals surface area contributed by atoms with Crippen LogP contribution in [0.4, 0.5) is 0 Å². The topological polar surface area (TPSA) is 52.3 Å². The molecule has 0 saturated heterocycles. The molecule has 100 valence electrons. The molecule has 1 aromatic rings. The Morgan fingerprint density at radius 2 is 2.06 bits per heavy atom. The fraction of sp³-hybridized carbons (Fsp3) is 0.533. The van der Waals surface area contributed by atoms with Crippen molar-refractivity contribution in [3.63, 3.8) is 0 Å². The zero-order chi connectivity index (χ0) is 13.8. The number of carbonyl (C=O) groups excluding carboxylic acids is 1. The van der Waals surface area contributed by atoms with Gasteiger partial charge in [-0.3, -0.25) is 4.79 Å².